The Labute approximate surface area is 91.6 Å². The van der Waals surface area contributed by atoms with Gasteiger partial charge in [-0.05, 0) is 24.3 Å². The van der Waals surface area contributed by atoms with Crippen molar-refractivity contribution in [3.05, 3.63) is 30.1 Å². The van der Waals surface area contributed by atoms with Gasteiger partial charge in [0.1, 0.15) is 11.6 Å². The summed E-state index contributed by atoms with van der Waals surface area (Å²) in [5.74, 6) is 0.564. The Kier molecular flexibility index (Phi) is 4.98. The summed E-state index contributed by atoms with van der Waals surface area (Å²) >= 11 is 6.87. The molecule has 0 aliphatic rings. The first-order chi connectivity index (χ1) is 6.72. The van der Waals surface area contributed by atoms with Crippen LogP contribution in [0.5, 0.6) is 0 Å². The zero-order chi connectivity index (χ0) is 10.4. The van der Waals surface area contributed by atoms with Crippen molar-refractivity contribution in [2.45, 2.75) is 11.3 Å². The summed E-state index contributed by atoms with van der Waals surface area (Å²) in [5.41, 5.74) is 0. The van der Waals surface area contributed by atoms with Crippen LogP contribution in [-0.4, -0.2) is 17.4 Å². The number of hydrogen-bond donors (Lipinski definition) is 0. The molecular weight excluding hydrogens is 223 g/mol. The number of halogens is 2. The fraction of sp³-hybridized carbons (Fsp3) is 0.300. The number of hydrogen-bond acceptors (Lipinski definition) is 2. The van der Waals surface area contributed by atoms with E-state index in [0.29, 0.717) is 12.2 Å². The Morgan fingerprint density at radius 2 is 2.00 bits per heavy atom. The average Bonchev–Trinajstić information content (AvgIpc) is 2.21. The Hall–Kier alpha value is -0.540. The van der Waals surface area contributed by atoms with Crippen LogP contribution in [0.3, 0.4) is 0 Å². The predicted molar refractivity (Wildman–Crippen MR) is 57.5 cm³/mol. The maximum absolute atomic E-state index is 12.5. The van der Waals surface area contributed by atoms with Crippen molar-refractivity contribution in [1.29, 1.82) is 0 Å². The minimum Gasteiger partial charge on any atom is -0.298 e. The third-order valence-corrected chi connectivity index (χ3v) is 2.92. The van der Waals surface area contributed by atoms with Gasteiger partial charge in [0.05, 0.1) is 5.88 Å². The molecule has 4 heteroatoms. The van der Waals surface area contributed by atoms with Gasteiger partial charge in [-0.1, -0.05) is 0 Å². The van der Waals surface area contributed by atoms with E-state index in [1.807, 2.05) is 0 Å². The SMILES string of the molecule is O=C(CCl)CCSc1ccc(F)cc1. The van der Waals surface area contributed by atoms with Gasteiger partial charge in [-0.3, -0.25) is 4.79 Å². The van der Waals surface area contributed by atoms with E-state index < -0.39 is 0 Å². The first-order valence-corrected chi connectivity index (χ1v) is 5.70. The van der Waals surface area contributed by atoms with Crippen LogP contribution in [-0.2, 0) is 4.79 Å². The number of carbonyl (C=O) groups excluding carboxylic acids is 1. The van der Waals surface area contributed by atoms with E-state index in [9.17, 15) is 9.18 Å². The molecule has 0 saturated heterocycles. The van der Waals surface area contributed by atoms with E-state index in [0.717, 1.165) is 4.90 Å². The number of carbonyl (C=O) groups is 1. The van der Waals surface area contributed by atoms with Gasteiger partial charge < -0.3 is 0 Å². The Bertz CT molecular complexity index is 299. The summed E-state index contributed by atoms with van der Waals surface area (Å²) in [6.45, 7) is 0. The number of Topliss-reactive ketones (excluding diaryl/α,β-unsaturated/α-hetero) is 1. The molecule has 0 unspecified atom stereocenters. The van der Waals surface area contributed by atoms with Crippen molar-refractivity contribution in [1.82, 2.24) is 0 Å². The predicted octanol–water partition coefficient (Wildman–Crippen LogP) is 3.12. The van der Waals surface area contributed by atoms with Crippen LogP contribution in [0.15, 0.2) is 29.2 Å². The Balaban J connectivity index is 2.31. The molecule has 0 saturated carbocycles. The fourth-order valence-corrected chi connectivity index (χ4v) is 1.91. The molecule has 14 heavy (non-hydrogen) atoms. The second-order valence-electron chi connectivity index (χ2n) is 2.72. The highest BCUT2D eigenvalue weighted by Gasteiger charge is 2.00. The van der Waals surface area contributed by atoms with Crippen molar-refractivity contribution >= 4 is 29.1 Å². The molecule has 0 heterocycles. The molecular formula is C10H10ClFOS. The van der Waals surface area contributed by atoms with Crippen LogP contribution < -0.4 is 0 Å². The molecule has 0 aliphatic heterocycles. The maximum Gasteiger partial charge on any atom is 0.148 e. The third kappa shape index (κ3) is 4.11. The van der Waals surface area contributed by atoms with Crippen molar-refractivity contribution in [3.8, 4) is 0 Å². The van der Waals surface area contributed by atoms with Gasteiger partial charge in [-0.15, -0.1) is 23.4 Å². The van der Waals surface area contributed by atoms with E-state index in [1.54, 1.807) is 12.1 Å². The van der Waals surface area contributed by atoms with Gasteiger partial charge in [0.15, 0.2) is 0 Å². The lowest BCUT2D eigenvalue weighted by molar-refractivity contribution is -0.116. The van der Waals surface area contributed by atoms with Crippen LogP contribution in [0, 0.1) is 5.82 Å². The zero-order valence-corrected chi connectivity index (χ0v) is 9.08. The molecule has 76 valence electrons. The van der Waals surface area contributed by atoms with Crippen molar-refractivity contribution in [2.24, 2.45) is 0 Å². The summed E-state index contributed by atoms with van der Waals surface area (Å²) in [4.78, 5) is 11.8. The van der Waals surface area contributed by atoms with Crippen LogP contribution in [0.1, 0.15) is 6.42 Å². The van der Waals surface area contributed by atoms with Crippen LogP contribution in [0.2, 0.25) is 0 Å². The molecule has 0 amide bonds. The maximum atomic E-state index is 12.5. The van der Waals surface area contributed by atoms with Crippen LogP contribution >= 0.6 is 23.4 Å². The summed E-state index contributed by atoms with van der Waals surface area (Å²) < 4.78 is 12.5. The third-order valence-electron chi connectivity index (χ3n) is 1.61. The lowest BCUT2D eigenvalue weighted by Crippen LogP contribution is -1.99. The average molecular weight is 233 g/mol. The van der Waals surface area contributed by atoms with Gasteiger partial charge in [-0.25, -0.2) is 4.39 Å². The van der Waals surface area contributed by atoms with Gasteiger partial charge in [0, 0.05) is 17.1 Å². The Morgan fingerprint density at radius 3 is 2.57 bits per heavy atom. The molecule has 1 aromatic carbocycles. The molecule has 0 atom stereocenters. The quantitative estimate of drug-likeness (QED) is 0.573. The molecule has 0 N–H and O–H groups in total. The first kappa shape index (κ1) is 11.5. The summed E-state index contributed by atoms with van der Waals surface area (Å²) in [6, 6.07) is 6.22. The second-order valence-corrected chi connectivity index (χ2v) is 4.16. The largest absolute Gasteiger partial charge is 0.298 e. The van der Waals surface area contributed by atoms with E-state index in [4.69, 9.17) is 11.6 Å². The Morgan fingerprint density at radius 1 is 1.36 bits per heavy atom. The highest BCUT2D eigenvalue weighted by atomic mass is 35.5. The lowest BCUT2D eigenvalue weighted by Gasteiger charge is -1.99. The summed E-state index contributed by atoms with van der Waals surface area (Å²) in [6.07, 6.45) is 0.464. The molecule has 0 fully saturated rings. The van der Waals surface area contributed by atoms with E-state index in [-0.39, 0.29) is 17.5 Å². The number of ketones is 1. The van der Waals surface area contributed by atoms with Crippen molar-refractivity contribution in [2.75, 3.05) is 11.6 Å². The molecule has 0 aromatic heterocycles. The highest BCUT2D eigenvalue weighted by Crippen LogP contribution is 2.18. The van der Waals surface area contributed by atoms with Crippen molar-refractivity contribution in [3.63, 3.8) is 0 Å². The molecule has 0 spiro atoms. The summed E-state index contributed by atoms with van der Waals surface area (Å²) in [5, 5.41) is 0. The fourth-order valence-electron chi connectivity index (χ4n) is 0.880. The van der Waals surface area contributed by atoms with Gasteiger partial charge in [0.25, 0.3) is 0 Å². The number of benzene rings is 1. The normalized spacial score (nSPS) is 10.1. The number of alkyl halides is 1. The smallest absolute Gasteiger partial charge is 0.148 e. The molecule has 0 radical (unpaired) electrons. The molecule has 0 bridgehead atoms. The van der Waals surface area contributed by atoms with Gasteiger partial charge in [-0.2, -0.15) is 0 Å². The molecule has 1 aromatic rings. The number of thioether (sulfide) groups is 1. The monoisotopic (exact) mass is 232 g/mol. The minimum absolute atomic E-state index is 0.0429. The lowest BCUT2D eigenvalue weighted by atomic mass is 10.3. The zero-order valence-electron chi connectivity index (χ0n) is 7.50. The van der Waals surface area contributed by atoms with Gasteiger partial charge in [0.2, 0.25) is 0 Å². The minimum atomic E-state index is -0.244. The van der Waals surface area contributed by atoms with Crippen molar-refractivity contribution < 1.29 is 9.18 Å². The summed E-state index contributed by atoms with van der Waals surface area (Å²) in [7, 11) is 0. The standard InChI is InChI=1S/C10H10ClFOS/c11-7-9(13)5-6-14-10-3-1-8(12)2-4-10/h1-4H,5-7H2. The van der Waals surface area contributed by atoms with Crippen LogP contribution in [0.4, 0.5) is 4.39 Å². The number of rotatable bonds is 5. The molecule has 1 nitrogen and oxygen atoms in total. The van der Waals surface area contributed by atoms with Gasteiger partial charge >= 0.3 is 0 Å². The molecule has 1 rings (SSSR count). The topological polar surface area (TPSA) is 17.1 Å². The molecule has 0 aliphatic carbocycles. The van der Waals surface area contributed by atoms with E-state index in [2.05, 4.69) is 0 Å². The second kappa shape index (κ2) is 6.04. The van der Waals surface area contributed by atoms with Crippen LogP contribution in [0.25, 0.3) is 0 Å². The first-order valence-electron chi connectivity index (χ1n) is 4.18. The highest BCUT2D eigenvalue weighted by molar-refractivity contribution is 7.99. The van der Waals surface area contributed by atoms with E-state index in [1.165, 1.54) is 23.9 Å². The van der Waals surface area contributed by atoms with E-state index >= 15 is 0 Å².